The summed E-state index contributed by atoms with van der Waals surface area (Å²) in [5.41, 5.74) is 4.99. The summed E-state index contributed by atoms with van der Waals surface area (Å²) in [6, 6.07) is 3.48. The first-order chi connectivity index (χ1) is 5.92. The SMILES string of the molecule is CC(N)(CC(=O)O)c1ccc(Cl)s1. The Morgan fingerprint density at radius 3 is 2.77 bits per heavy atom. The van der Waals surface area contributed by atoms with Crippen LogP contribution in [0.15, 0.2) is 12.1 Å². The normalized spacial score (nSPS) is 15.3. The minimum Gasteiger partial charge on any atom is -0.481 e. The molecule has 0 amide bonds. The standard InChI is InChI=1S/C8H10ClNO2S/c1-8(10,4-7(11)12)5-2-3-6(9)13-5/h2-3H,4,10H2,1H3,(H,11,12). The van der Waals surface area contributed by atoms with Gasteiger partial charge in [0, 0.05) is 4.88 Å². The molecular weight excluding hydrogens is 210 g/mol. The topological polar surface area (TPSA) is 63.3 Å². The number of thiophene rings is 1. The van der Waals surface area contributed by atoms with Crippen LogP contribution in [-0.2, 0) is 10.3 Å². The molecule has 13 heavy (non-hydrogen) atoms. The molecule has 0 aliphatic heterocycles. The van der Waals surface area contributed by atoms with E-state index in [-0.39, 0.29) is 6.42 Å². The zero-order valence-corrected chi connectivity index (χ0v) is 8.65. The Bertz CT molecular complexity index is 322. The highest BCUT2D eigenvalue weighted by molar-refractivity contribution is 7.16. The van der Waals surface area contributed by atoms with E-state index in [4.69, 9.17) is 22.4 Å². The second kappa shape index (κ2) is 3.65. The van der Waals surface area contributed by atoms with Gasteiger partial charge in [0.1, 0.15) is 0 Å². The van der Waals surface area contributed by atoms with E-state index in [0.717, 1.165) is 4.88 Å². The minimum atomic E-state index is -0.908. The highest BCUT2D eigenvalue weighted by Gasteiger charge is 2.26. The van der Waals surface area contributed by atoms with Crippen LogP contribution in [0.5, 0.6) is 0 Å². The average Bonchev–Trinajstić information content (AvgIpc) is 2.32. The van der Waals surface area contributed by atoms with Crippen LogP contribution in [0.2, 0.25) is 4.34 Å². The Labute approximate surface area is 85.1 Å². The van der Waals surface area contributed by atoms with E-state index < -0.39 is 11.5 Å². The van der Waals surface area contributed by atoms with Gasteiger partial charge in [0.05, 0.1) is 16.3 Å². The van der Waals surface area contributed by atoms with Crippen molar-refractivity contribution in [2.45, 2.75) is 18.9 Å². The first kappa shape index (κ1) is 10.5. The number of carboxylic acid groups (broad SMARTS) is 1. The number of carboxylic acids is 1. The number of halogens is 1. The third-order valence-corrected chi connectivity index (χ3v) is 3.17. The van der Waals surface area contributed by atoms with Crippen LogP contribution < -0.4 is 5.73 Å². The largest absolute Gasteiger partial charge is 0.481 e. The Balaban J connectivity index is 2.86. The lowest BCUT2D eigenvalue weighted by molar-refractivity contribution is -0.138. The van der Waals surface area contributed by atoms with Gasteiger partial charge in [0.15, 0.2) is 0 Å². The summed E-state index contributed by atoms with van der Waals surface area (Å²) < 4.78 is 0.622. The molecule has 3 N–H and O–H groups in total. The Morgan fingerprint density at radius 2 is 2.38 bits per heavy atom. The van der Waals surface area contributed by atoms with Crippen LogP contribution in [0.3, 0.4) is 0 Å². The van der Waals surface area contributed by atoms with Gasteiger partial charge in [-0.2, -0.15) is 0 Å². The summed E-state index contributed by atoms with van der Waals surface area (Å²) in [4.78, 5) is 11.3. The molecule has 0 radical (unpaired) electrons. The molecule has 0 aliphatic rings. The molecule has 1 unspecified atom stereocenters. The van der Waals surface area contributed by atoms with Gasteiger partial charge in [-0.25, -0.2) is 0 Å². The molecule has 1 heterocycles. The molecule has 0 bridgehead atoms. The van der Waals surface area contributed by atoms with Crippen LogP contribution in [0.1, 0.15) is 18.2 Å². The van der Waals surface area contributed by atoms with Crippen molar-refractivity contribution >= 4 is 28.9 Å². The maximum Gasteiger partial charge on any atom is 0.305 e. The van der Waals surface area contributed by atoms with E-state index in [0.29, 0.717) is 4.34 Å². The number of hydrogen-bond donors (Lipinski definition) is 2. The summed E-state index contributed by atoms with van der Waals surface area (Å²) in [5.74, 6) is -0.908. The zero-order chi connectivity index (χ0) is 10.1. The first-order valence-corrected chi connectivity index (χ1v) is 4.88. The first-order valence-electron chi connectivity index (χ1n) is 3.68. The second-order valence-corrected chi connectivity index (χ2v) is 4.81. The number of rotatable bonds is 3. The van der Waals surface area contributed by atoms with Crippen molar-refractivity contribution in [2.24, 2.45) is 5.73 Å². The van der Waals surface area contributed by atoms with E-state index in [1.54, 1.807) is 19.1 Å². The molecule has 1 atom stereocenters. The predicted molar refractivity (Wildman–Crippen MR) is 53.1 cm³/mol. The molecule has 72 valence electrons. The summed E-state index contributed by atoms with van der Waals surface area (Å²) >= 11 is 7.03. The molecule has 0 saturated heterocycles. The lowest BCUT2D eigenvalue weighted by Crippen LogP contribution is -2.34. The van der Waals surface area contributed by atoms with Gasteiger partial charge >= 0.3 is 5.97 Å². The Hall–Kier alpha value is -0.580. The average molecular weight is 220 g/mol. The summed E-state index contributed by atoms with van der Waals surface area (Å²) in [5, 5.41) is 8.61. The van der Waals surface area contributed by atoms with Crippen molar-refractivity contribution in [3.05, 3.63) is 21.3 Å². The van der Waals surface area contributed by atoms with Crippen LogP contribution in [0.4, 0.5) is 0 Å². The number of aliphatic carboxylic acids is 1. The van der Waals surface area contributed by atoms with Crippen molar-refractivity contribution in [3.63, 3.8) is 0 Å². The number of nitrogens with two attached hydrogens (primary N) is 1. The number of hydrogen-bond acceptors (Lipinski definition) is 3. The molecule has 1 aromatic rings. The second-order valence-electron chi connectivity index (χ2n) is 3.09. The molecule has 1 rings (SSSR count). The highest BCUT2D eigenvalue weighted by Crippen LogP contribution is 2.31. The van der Waals surface area contributed by atoms with Crippen LogP contribution in [0.25, 0.3) is 0 Å². The van der Waals surface area contributed by atoms with E-state index in [1.165, 1.54) is 11.3 Å². The predicted octanol–water partition coefficient (Wildman–Crippen LogP) is 2.05. The fraction of sp³-hybridized carbons (Fsp3) is 0.375. The number of carbonyl (C=O) groups is 1. The van der Waals surface area contributed by atoms with E-state index in [2.05, 4.69) is 0 Å². The van der Waals surface area contributed by atoms with Gasteiger partial charge in [0.2, 0.25) is 0 Å². The Kier molecular flexibility index (Phi) is 2.95. The van der Waals surface area contributed by atoms with Gasteiger partial charge < -0.3 is 10.8 Å². The Morgan fingerprint density at radius 1 is 1.77 bits per heavy atom. The third-order valence-electron chi connectivity index (χ3n) is 1.65. The van der Waals surface area contributed by atoms with Gasteiger partial charge in [0.25, 0.3) is 0 Å². The lowest BCUT2D eigenvalue weighted by Gasteiger charge is -2.20. The quantitative estimate of drug-likeness (QED) is 0.818. The fourth-order valence-electron chi connectivity index (χ4n) is 1.02. The maximum atomic E-state index is 10.5. The van der Waals surface area contributed by atoms with Gasteiger partial charge in [-0.05, 0) is 19.1 Å². The minimum absolute atomic E-state index is 0.0934. The van der Waals surface area contributed by atoms with Crippen molar-refractivity contribution in [3.8, 4) is 0 Å². The maximum absolute atomic E-state index is 10.5. The van der Waals surface area contributed by atoms with Gasteiger partial charge in [-0.1, -0.05) is 11.6 Å². The van der Waals surface area contributed by atoms with Crippen LogP contribution in [-0.4, -0.2) is 11.1 Å². The fourth-order valence-corrected chi connectivity index (χ4v) is 2.12. The molecule has 3 nitrogen and oxygen atoms in total. The van der Waals surface area contributed by atoms with Gasteiger partial charge in [-0.3, -0.25) is 4.79 Å². The van der Waals surface area contributed by atoms with Crippen molar-refractivity contribution in [2.75, 3.05) is 0 Å². The van der Waals surface area contributed by atoms with Crippen molar-refractivity contribution < 1.29 is 9.90 Å². The van der Waals surface area contributed by atoms with Crippen molar-refractivity contribution in [1.82, 2.24) is 0 Å². The summed E-state index contributed by atoms with van der Waals surface area (Å²) in [7, 11) is 0. The summed E-state index contributed by atoms with van der Waals surface area (Å²) in [6.07, 6.45) is -0.0934. The monoisotopic (exact) mass is 219 g/mol. The molecule has 0 aliphatic carbocycles. The zero-order valence-electron chi connectivity index (χ0n) is 7.08. The van der Waals surface area contributed by atoms with Gasteiger partial charge in [-0.15, -0.1) is 11.3 Å². The molecular formula is C8H10ClNO2S. The lowest BCUT2D eigenvalue weighted by atomic mass is 9.97. The van der Waals surface area contributed by atoms with E-state index in [9.17, 15) is 4.79 Å². The molecule has 0 fully saturated rings. The molecule has 5 heteroatoms. The smallest absolute Gasteiger partial charge is 0.305 e. The highest BCUT2D eigenvalue weighted by atomic mass is 35.5. The molecule has 0 saturated carbocycles. The third kappa shape index (κ3) is 2.69. The van der Waals surface area contributed by atoms with Crippen molar-refractivity contribution in [1.29, 1.82) is 0 Å². The molecule has 1 aromatic heterocycles. The molecule has 0 spiro atoms. The van der Waals surface area contributed by atoms with E-state index >= 15 is 0 Å². The van der Waals surface area contributed by atoms with Crippen LogP contribution in [0, 0.1) is 0 Å². The van der Waals surface area contributed by atoms with E-state index in [1.807, 2.05) is 0 Å². The summed E-state index contributed by atoms with van der Waals surface area (Å²) in [6.45, 7) is 1.68. The molecule has 0 aromatic carbocycles. The van der Waals surface area contributed by atoms with Crippen LogP contribution >= 0.6 is 22.9 Å².